The molecule has 0 radical (unpaired) electrons. The Morgan fingerprint density at radius 2 is 1.81 bits per heavy atom. The average Bonchev–Trinajstić information content (AvgIpc) is 3.41. The molecule has 1 heterocycles. The molecule has 0 unspecified atom stereocenters. The van der Waals surface area contributed by atoms with E-state index in [9.17, 15) is 18.0 Å². The molecule has 1 fully saturated rings. The van der Waals surface area contributed by atoms with Gasteiger partial charge in [0.15, 0.2) is 0 Å². The van der Waals surface area contributed by atoms with Crippen molar-refractivity contribution in [1.29, 1.82) is 0 Å². The molecule has 0 aliphatic heterocycles. The molecule has 3 aromatic rings. The van der Waals surface area contributed by atoms with Crippen LogP contribution in [0.3, 0.4) is 0 Å². The Balaban J connectivity index is 1.50. The average molecular weight is 374 g/mol. The smallest absolute Gasteiger partial charge is 0.334 e. The summed E-state index contributed by atoms with van der Waals surface area (Å²) in [4.78, 5) is 14.5. The zero-order valence-corrected chi connectivity index (χ0v) is 14.4. The van der Waals surface area contributed by atoms with E-state index < -0.39 is 11.7 Å². The maximum absolute atomic E-state index is 12.8. The van der Waals surface area contributed by atoms with Gasteiger partial charge in [0.1, 0.15) is 12.1 Å². The minimum atomic E-state index is -4.36. The van der Waals surface area contributed by atoms with Crippen molar-refractivity contribution in [2.75, 3.05) is 0 Å². The van der Waals surface area contributed by atoms with Gasteiger partial charge in [0.2, 0.25) is 5.91 Å². The van der Waals surface area contributed by atoms with E-state index in [1.165, 1.54) is 12.1 Å². The zero-order valence-electron chi connectivity index (χ0n) is 14.4. The first-order chi connectivity index (χ1) is 12.9. The van der Waals surface area contributed by atoms with Crippen LogP contribution < -0.4 is 0 Å². The predicted octanol–water partition coefficient (Wildman–Crippen LogP) is 3.64. The maximum atomic E-state index is 12.8. The number of alkyl halides is 3. The second-order valence-electron chi connectivity index (χ2n) is 6.68. The molecule has 0 spiro atoms. The number of hydrogen-bond donors (Lipinski definition) is 0. The van der Waals surface area contributed by atoms with Crippen molar-refractivity contribution in [1.82, 2.24) is 19.9 Å². The van der Waals surface area contributed by atoms with Crippen LogP contribution in [-0.2, 0) is 24.1 Å². The minimum absolute atomic E-state index is 0.0532. The van der Waals surface area contributed by atoms with Crippen molar-refractivity contribution in [3.63, 3.8) is 0 Å². The number of benzene rings is 2. The van der Waals surface area contributed by atoms with Gasteiger partial charge in [-0.2, -0.15) is 13.2 Å². The van der Waals surface area contributed by atoms with Crippen LogP contribution in [0, 0.1) is 0 Å². The van der Waals surface area contributed by atoms with E-state index in [4.69, 9.17) is 0 Å². The lowest BCUT2D eigenvalue weighted by Gasteiger charge is -2.23. The Labute approximate surface area is 153 Å². The molecular weight excluding hydrogens is 357 g/mol. The first-order valence-corrected chi connectivity index (χ1v) is 8.65. The normalized spacial score (nSPS) is 14.5. The van der Waals surface area contributed by atoms with Crippen molar-refractivity contribution in [2.24, 2.45) is 0 Å². The summed E-state index contributed by atoms with van der Waals surface area (Å²) in [6.07, 6.45) is -2.55. The van der Waals surface area contributed by atoms with Crippen LogP contribution in [0.4, 0.5) is 13.2 Å². The first kappa shape index (κ1) is 17.5. The Hall–Kier alpha value is -2.90. The molecule has 0 atom stereocenters. The fourth-order valence-corrected chi connectivity index (χ4v) is 3.06. The molecule has 0 saturated heterocycles. The molecule has 2 aromatic carbocycles. The highest BCUT2D eigenvalue weighted by atomic mass is 19.4. The largest absolute Gasteiger partial charge is 0.416 e. The monoisotopic (exact) mass is 374 g/mol. The number of halogens is 3. The number of hydrogen-bond acceptors (Lipinski definition) is 3. The van der Waals surface area contributed by atoms with Gasteiger partial charge in [0.25, 0.3) is 0 Å². The van der Waals surface area contributed by atoms with Gasteiger partial charge in [0.05, 0.1) is 11.1 Å². The summed E-state index contributed by atoms with van der Waals surface area (Å²) in [5, 5.41) is 8.08. The summed E-state index contributed by atoms with van der Waals surface area (Å²) in [5.74, 6) is -0.118. The van der Waals surface area contributed by atoms with Crippen molar-refractivity contribution in [2.45, 2.75) is 38.1 Å². The van der Waals surface area contributed by atoms with E-state index in [0.29, 0.717) is 11.1 Å². The van der Waals surface area contributed by atoms with E-state index in [0.717, 1.165) is 30.5 Å². The van der Waals surface area contributed by atoms with E-state index in [1.807, 2.05) is 24.3 Å². The van der Waals surface area contributed by atoms with Crippen LogP contribution in [0.1, 0.15) is 24.0 Å². The number of rotatable bonds is 5. The molecule has 1 aromatic heterocycles. The molecule has 8 heteroatoms. The van der Waals surface area contributed by atoms with Gasteiger partial charge in [0, 0.05) is 12.6 Å². The number of fused-ring (bicyclic) bond motifs is 1. The summed E-state index contributed by atoms with van der Waals surface area (Å²) in [7, 11) is 0. The molecule has 4 rings (SSSR count). The Morgan fingerprint density at radius 3 is 2.48 bits per heavy atom. The molecular formula is C19H17F3N4O. The summed E-state index contributed by atoms with van der Waals surface area (Å²) in [6, 6.07) is 12.5. The molecule has 1 saturated carbocycles. The van der Waals surface area contributed by atoms with Gasteiger partial charge < -0.3 is 4.90 Å². The lowest BCUT2D eigenvalue weighted by Crippen LogP contribution is -2.35. The van der Waals surface area contributed by atoms with Crippen LogP contribution in [0.2, 0.25) is 0 Å². The number of nitrogens with zero attached hydrogens (tertiary/aromatic N) is 4. The van der Waals surface area contributed by atoms with Gasteiger partial charge in [-0.05, 0) is 42.7 Å². The quantitative estimate of drug-likeness (QED) is 0.685. The Morgan fingerprint density at radius 1 is 1.11 bits per heavy atom. The van der Waals surface area contributed by atoms with Gasteiger partial charge in [-0.15, -0.1) is 5.10 Å². The van der Waals surface area contributed by atoms with Crippen molar-refractivity contribution in [3.8, 4) is 0 Å². The van der Waals surface area contributed by atoms with Gasteiger partial charge in [-0.25, -0.2) is 4.68 Å². The molecule has 1 amide bonds. The number of carbonyl (C=O) groups excluding carboxylic acids is 1. The summed E-state index contributed by atoms with van der Waals surface area (Å²) < 4.78 is 39.7. The summed E-state index contributed by atoms with van der Waals surface area (Å²) >= 11 is 0. The van der Waals surface area contributed by atoms with Crippen molar-refractivity contribution < 1.29 is 18.0 Å². The highest BCUT2D eigenvalue weighted by Crippen LogP contribution is 2.31. The van der Waals surface area contributed by atoms with Crippen molar-refractivity contribution >= 4 is 16.9 Å². The second kappa shape index (κ2) is 6.68. The number of aromatic nitrogens is 3. The zero-order chi connectivity index (χ0) is 19.0. The topological polar surface area (TPSA) is 51.0 Å². The first-order valence-electron chi connectivity index (χ1n) is 8.65. The van der Waals surface area contributed by atoms with Crippen LogP contribution >= 0.6 is 0 Å². The summed E-state index contributed by atoms with van der Waals surface area (Å²) in [5.41, 5.74) is 1.47. The third kappa shape index (κ3) is 3.79. The van der Waals surface area contributed by atoms with Crippen LogP contribution in [0.5, 0.6) is 0 Å². The molecule has 1 aliphatic carbocycles. The molecule has 0 bridgehead atoms. The highest BCUT2D eigenvalue weighted by Gasteiger charge is 2.33. The van der Waals surface area contributed by atoms with E-state index in [-0.39, 0.29) is 25.0 Å². The van der Waals surface area contributed by atoms with E-state index in [1.54, 1.807) is 9.58 Å². The second-order valence-corrected chi connectivity index (χ2v) is 6.68. The van der Waals surface area contributed by atoms with Crippen LogP contribution in [0.25, 0.3) is 11.0 Å². The molecule has 0 N–H and O–H groups in total. The van der Waals surface area contributed by atoms with E-state index in [2.05, 4.69) is 10.3 Å². The fourth-order valence-electron chi connectivity index (χ4n) is 3.06. The molecule has 140 valence electrons. The molecule has 27 heavy (non-hydrogen) atoms. The fraction of sp³-hybridized carbons (Fsp3) is 0.316. The summed E-state index contributed by atoms with van der Waals surface area (Å²) in [6.45, 7) is 0.339. The number of para-hydroxylation sites is 1. The van der Waals surface area contributed by atoms with Gasteiger partial charge in [-0.1, -0.05) is 29.5 Å². The van der Waals surface area contributed by atoms with Crippen LogP contribution in [0.15, 0.2) is 48.5 Å². The Kier molecular flexibility index (Phi) is 4.33. The highest BCUT2D eigenvalue weighted by molar-refractivity contribution is 5.80. The number of amides is 1. The number of carbonyl (C=O) groups is 1. The lowest BCUT2D eigenvalue weighted by atomic mass is 10.1. The van der Waals surface area contributed by atoms with Crippen molar-refractivity contribution in [3.05, 3.63) is 59.7 Å². The standard InChI is InChI=1S/C19H17F3N4O/c20-19(21,22)14-7-5-13(6-8-14)11-25(15-9-10-15)18(27)12-26-17-4-2-1-3-16(17)23-24-26/h1-8,15H,9-12H2. The molecule has 5 nitrogen and oxygen atoms in total. The van der Waals surface area contributed by atoms with E-state index >= 15 is 0 Å². The van der Waals surface area contributed by atoms with Gasteiger partial charge in [-0.3, -0.25) is 4.79 Å². The Bertz CT molecular complexity index is 961. The van der Waals surface area contributed by atoms with Crippen LogP contribution in [-0.4, -0.2) is 31.8 Å². The minimum Gasteiger partial charge on any atom is -0.334 e. The van der Waals surface area contributed by atoms with Gasteiger partial charge >= 0.3 is 6.18 Å². The SMILES string of the molecule is O=C(Cn1nnc2ccccc21)N(Cc1ccc(C(F)(F)F)cc1)C1CC1. The maximum Gasteiger partial charge on any atom is 0.416 e. The third-order valence-electron chi connectivity index (χ3n) is 4.65. The molecule has 1 aliphatic rings. The third-order valence-corrected chi connectivity index (χ3v) is 4.65. The lowest BCUT2D eigenvalue weighted by molar-refractivity contribution is -0.137. The predicted molar refractivity (Wildman–Crippen MR) is 92.5 cm³/mol.